The third kappa shape index (κ3) is 5.66. The Bertz CT molecular complexity index is 1620. The summed E-state index contributed by atoms with van der Waals surface area (Å²) in [6.07, 6.45) is 2.41. The number of fused-ring (bicyclic) bond motifs is 1. The van der Waals surface area contributed by atoms with Crippen molar-refractivity contribution in [1.29, 1.82) is 0 Å². The zero-order valence-electron chi connectivity index (χ0n) is 22.6. The number of hydroxylamine groups is 2. The second-order valence-corrected chi connectivity index (χ2v) is 9.49. The van der Waals surface area contributed by atoms with Gasteiger partial charge in [-0.15, -0.1) is 0 Å². The first-order valence-electron chi connectivity index (χ1n) is 12.7. The Balaban J connectivity index is 1.30. The fourth-order valence-electron chi connectivity index (χ4n) is 4.28. The molecule has 0 atom stereocenters. The number of hydrogen-bond donors (Lipinski definition) is 2. The smallest absolute Gasteiger partial charge is 0.280 e. The monoisotopic (exact) mass is 558 g/mol. The lowest BCUT2D eigenvalue weighted by molar-refractivity contribution is -0.131. The van der Waals surface area contributed by atoms with Gasteiger partial charge in [-0.3, -0.25) is 24.2 Å². The van der Waals surface area contributed by atoms with Gasteiger partial charge in [0.05, 0.1) is 25.3 Å². The molecule has 1 aliphatic rings. The zero-order chi connectivity index (χ0) is 29.1. The van der Waals surface area contributed by atoms with Gasteiger partial charge in [0, 0.05) is 36.1 Å². The second kappa shape index (κ2) is 11.2. The quantitative estimate of drug-likeness (QED) is 0.215. The van der Waals surface area contributed by atoms with E-state index in [0.717, 1.165) is 5.06 Å². The van der Waals surface area contributed by atoms with Crippen molar-refractivity contribution in [1.82, 2.24) is 10.0 Å². The van der Waals surface area contributed by atoms with Crippen LogP contribution in [-0.2, 0) is 14.4 Å². The lowest BCUT2D eigenvalue weighted by Crippen LogP contribution is -2.35. The molecule has 4 aromatic rings. The van der Waals surface area contributed by atoms with Gasteiger partial charge in [0.15, 0.2) is 0 Å². The maximum Gasteiger partial charge on any atom is 0.280 e. The van der Waals surface area contributed by atoms with Gasteiger partial charge in [0.25, 0.3) is 5.91 Å². The molecule has 0 unspecified atom stereocenters. The number of carbonyl (C=O) groups is 3. The Morgan fingerprint density at radius 3 is 2.05 bits per heavy atom. The molecule has 0 saturated heterocycles. The van der Waals surface area contributed by atoms with Gasteiger partial charge < -0.3 is 20.1 Å². The van der Waals surface area contributed by atoms with E-state index >= 15 is 0 Å². The van der Waals surface area contributed by atoms with Crippen molar-refractivity contribution in [2.45, 2.75) is 12.8 Å². The van der Waals surface area contributed by atoms with E-state index in [1.165, 1.54) is 45.5 Å². The normalized spacial score (nSPS) is 13.3. The molecule has 3 amide bonds. The molecular weight excluding hydrogens is 531 g/mol. The van der Waals surface area contributed by atoms with Gasteiger partial charge in [-0.2, -0.15) is 0 Å². The lowest BCUT2D eigenvalue weighted by atomic mass is 10.0. The predicted octanol–water partition coefficient (Wildman–Crippen LogP) is 5.17. The fourth-order valence-corrected chi connectivity index (χ4v) is 4.28. The average molecular weight is 559 g/mol. The summed E-state index contributed by atoms with van der Waals surface area (Å²) in [7, 11) is 4.35. The molecule has 0 radical (unpaired) electrons. The summed E-state index contributed by atoms with van der Waals surface area (Å²) in [5, 5.41) is 7.16. The molecule has 11 heteroatoms. The van der Waals surface area contributed by atoms with E-state index in [2.05, 4.69) is 15.6 Å². The number of carbonyl (C=O) groups excluding carboxylic acids is 3. The minimum absolute atomic E-state index is 0.276. The van der Waals surface area contributed by atoms with Crippen molar-refractivity contribution < 1.29 is 33.1 Å². The third-order valence-corrected chi connectivity index (χ3v) is 6.87. The van der Waals surface area contributed by atoms with Crippen LogP contribution in [0.25, 0.3) is 10.9 Å². The highest BCUT2D eigenvalue weighted by Gasteiger charge is 2.56. The number of halogens is 1. The first kappa shape index (κ1) is 27.5. The number of nitrogens with one attached hydrogen (secondary N) is 2. The standard InChI is InChI=1S/C30H27FN4O6/c1-35(40-3)27(36)23-16-22-24(17-26(23)39-2)32-15-12-25(22)41-21-10-8-20(9-11-21)34-29(38)30(13-14-30)28(37)33-19-6-4-18(31)5-7-19/h4-12,15-17H,13-14H2,1-3H3,(H,33,37)(H,34,38). The van der Waals surface area contributed by atoms with E-state index < -0.39 is 29.0 Å². The van der Waals surface area contributed by atoms with Crippen LogP contribution in [0.5, 0.6) is 17.2 Å². The molecule has 5 rings (SSSR count). The van der Waals surface area contributed by atoms with Crippen molar-refractivity contribution in [3.05, 3.63) is 84.3 Å². The van der Waals surface area contributed by atoms with Crippen molar-refractivity contribution >= 4 is 40.0 Å². The van der Waals surface area contributed by atoms with Crippen LogP contribution >= 0.6 is 0 Å². The summed E-state index contributed by atoms with van der Waals surface area (Å²) in [5.41, 5.74) is 0.572. The van der Waals surface area contributed by atoms with E-state index in [1.807, 2.05) is 0 Å². The van der Waals surface area contributed by atoms with Gasteiger partial charge in [0.1, 0.15) is 28.5 Å². The molecule has 0 bridgehead atoms. The first-order chi connectivity index (χ1) is 19.7. The van der Waals surface area contributed by atoms with Crippen LogP contribution in [0.3, 0.4) is 0 Å². The molecule has 41 heavy (non-hydrogen) atoms. The summed E-state index contributed by atoms with van der Waals surface area (Å²) in [6.45, 7) is 0. The highest BCUT2D eigenvalue weighted by Crippen LogP contribution is 2.47. The number of rotatable bonds is 9. The lowest BCUT2D eigenvalue weighted by Gasteiger charge is -2.17. The number of amides is 3. The van der Waals surface area contributed by atoms with E-state index in [1.54, 1.807) is 48.7 Å². The molecule has 1 aliphatic carbocycles. The van der Waals surface area contributed by atoms with Crippen LogP contribution < -0.4 is 20.1 Å². The summed E-state index contributed by atoms with van der Waals surface area (Å²) >= 11 is 0. The number of anilines is 2. The Morgan fingerprint density at radius 1 is 0.878 bits per heavy atom. The van der Waals surface area contributed by atoms with Gasteiger partial charge >= 0.3 is 0 Å². The molecule has 3 aromatic carbocycles. The van der Waals surface area contributed by atoms with E-state index in [9.17, 15) is 18.8 Å². The molecule has 10 nitrogen and oxygen atoms in total. The number of nitrogens with zero attached hydrogens (tertiary/aromatic N) is 2. The van der Waals surface area contributed by atoms with Crippen molar-refractivity contribution in [2.24, 2.45) is 5.41 Å². The maximum atomic E-state index is 13.2. The van der Waals surface area contributed by atoms with Crippen LogP contribution in [0.1, 0.15) is 23.2 Å². The number of ether oxygens (including phenoxy) is 2. The number of hydrogen-bond acceptors (Lipinski definition) is 7. The van der Waals surface area contributed by atoms with Crippen LogP contribution in [0.15, 0.2) is 72.9 Å². The number of aromatic nitrogens is 1. The van der Waals surface area contributed by atoms with Crippen LogP contribution in [-0.4, -0.2) is 49.0 Å². The fraction of sp³-hybridized carbons (Fsp3) is 0.200. The molecule has 1 heterocycles. The molecule has 2 N–H and O–H groups in total. The molecule has 0 spiro atoms. The van der Waals surface area contributed by atoms with E-state index in [4.69, 9.17) is 14.3 Å². The van der Waals surface area contributed by atoms with Crippen molar-refractivity contribution in [2.75, 3.05) is 31.9 Å². The molecule has 0 aliphatic heterocycles. The van der Waals surface area contributed by atoms with Crippen LogP contribution in [0.4, 0.5) is 15.8 Å². The number of methoxy groups -OCH3 is 1. The molecule has 1 fully saturated rings. The van der Waals surface area contributed by atoms with Gasteiger partial charge in [-0.05, 0) is 73.5 Å². The first-order valence-corrected chi connectivity index (χ1v) is 12.7. The minimum Gasteiger partial charge on any atom is -0.496 e. The largest absolute Gasteiger partial charge is 0.496 e. The van der Waals surface area contributed by atoms with Crippen LogP contribution in [0, 0.1) is 11.2 Å². The molecule has 1 saturated carbocycles. The minimum atomic E-state index is -1.17. The van der Waals surface area contributed by atoms with E-state index in [0.29, 0.717) is 52.4 Å². The van der Waals surface area contributed by atoms with Gasteiger partial charge in [-0.25, -0.2) is 9.45 Å². The zero-order valence-corrected chi connectivity index (χ0v) is 22.6. The van der Waals surface area contributed by atoms with Gasteiger partial charge in [0.2, 0.25) is 11.8 Å². The molecule has 210 valence electrons. The number of benzene rings is 3. The Labute approximate surface area is 235 Å². The Morgan fingerprint density at radius 2 is 1.49 bits per heavy atom. The summed E-state index contributed by atoms with van der Waals surface area (Å²) < 4.78 is 24.7. The second-order valence-electron chi connectivity index (χ2n) is 9.49. The highest BCUT2D eigenvalue weighted by molar-refractivity contribution is 6.16. The van der Waals surface area contributed by atoms with Gasteiger partial charge in [-0.1, -0.05) is 0 Å². The molecule has 1 aromatic heterocycles. The Hall–Kier alpha value is -5.03. The SMILES string of the molecule is COc1cc2nccc(Oc3ccc(NC(=O)C4(C(=O)Nc5ccc(F)cc5)CC4)cc3)c2cc1C(=O)N(C)OC. The summed E-state index contributed by atoms with van der Waals surface area (Å²) in [6, 6.07) is 17.0. The summed E-state index contributed by atoms with van der Waals surface area (Å²) in [5.74, 6) is -0.394. The Kier molecular flexibility index (Phi) is 7.54. The third-order valence-electron chi connectivity index (χ3n) is 6.87. The van der Waals surface area contributed by atoms with E-state index in [-0.39, 0.29) is 5.56 Å². The average Bonchev–Trinajstić information content (AvgIpc) is 3.80. The van der Waals surface area contributed by atoms with Crippen molar-refractivity contribution in [3.8, 4) is 17.2 Å². The highest BCUT2D eigenvalue weighted by atomic mass is 19.1. The summed E-state index contributed by atoms with van der Waals surface area (Å²) in [4.78, 5) is 48.0. The topological polar surface area (TPSA) is 119 Å². The molecular formula is C30H27FN4O6. The number of pyridine rings is 1. The van der Waals surface area contributed by atoms with Crippen LogP contribution in [0.2, 0.25) is 0 Å². The maximum absolute atomic E-state index is 13.2. The predicted molar refractivity (Wildman–Crippen MR) is 149 cm³/mol. The van der Waals surface area contributed by atoms with Crippen molar-refractivity contribution in [3.63, 3.8) is 0 Å².